The van der Waals surface area contributed by atoms with Crippen molar-refractivity contribution >= 4 is 11.6 Å². The minimum absolute atomic E-state index is 0.108. The van der Waals surface area contributed by atoms with E-state index in [1.807, 2.05) is 48.2 Å². The molecule has 0 atom stereocenters. The first kappa shape index (κ1) is 16.5. The van der Waals surface area contributed by atoms with E-state index in [2.05, 4.69) is 34.6 Å². The maximum atomic E-state index is 12.7. The first-order chi connectivity index (χ1) is 9.12. The average Bonchev–Trinajstić information content (AvgIpc) is 2.33. The smallest absolute Gasteiger partial charge is 0.254 e. The summed E-state index contributed by atoms with van der Waals surface area (Å²) in [6.07, 6.45) is 0. The van der Waals surface area contributed by atoms with Crippen molar-refractivity contribution in [1.29, 1.82) is 0 Å². The molecule has 0 saturated carbocycles. The van der Waals surface area contributed by atoms with Crippen LogP contribution in [0.3, 0.4) is 0 Å². The van der Waals surface area contributed by atoms with Gasteiger partial charge in [0.05, 0.1) is 0 Å². The van der Waals surface area contributed by atoms with Crippen molar-refractivity contribution in [2.75, 3.05) is 25.5 Å². The van der Waals surface area contributed by atoms with E-state index in [0.29, 0.717) is 5.92 Å². The number of carbonyl (C=O) groups is 1. The second-order valence-electron chi connectivity index (χ2n) is 6.92. The van der Waals surface area contributed by atoms with Gasteiger partial charge < -0.3 is 9.80 Å². The quantitative estimate of drug-likeness (QED) is 0.838. The molecule has 0 unspecified atom stereocenters. The molecule has 0 heterocycles. The molecule has 0 aromatic heterocycles. The fourth-order valence-electron chi connectivity index (χ4n) is 2.08. The Morgan fingerprint density at radius 2 is 1.60 bits per heavy atom. The molecule has 112 valence electrons. The zero-order chi connectivity index (χ0) is 15.5. The summed E-state index contributed by atoms with van der Waals surface area (Å²) in [5, 5.41) is 0. The Bertz CT molecular complexity index is 441. The number of hydrogen-bond acceptors (Lipinski definition) is 2. The molecule has 0 saturated heterocycles. The topological polar surface area (TPSA) is 23.6 Å². The Hall–Kier alpha value is -1.51. The van der Waals surface area contributed by atoms with Crippen molar-refractivity contribution in [2.24, 2.45) is 5.92 Å². The van der Waals surface area contributed by atoms with Crippen LogP contribution in [0.25, 0.3) is 0 Å². The van der Waals surface area contributed by atoms with Crippen LogP contribution in [0.5, 0.6) is 0 Å². The molecular formula is C17H28N2O. The number of hydrogen-bond donors (Lipinski definition) is 0. The lowest BCUT2D eigenvalue weighted by Crippen LogP contribution is -2.47. The molecule has 1 amide bonds. The largest absolute Gasteiger partial charge is 0.378 e. The summed E-state index contributed by atoms with van der Waals surface area (Å²) in [4.78, 5) is 16.7. The monoisotopic (exact) mass is 276 g/mol. The minimum atomic E-state index is -0.165. The number of rotatable bonds is 4. The summed E-state index contributed by atoms with van der Waals surface area (Å²) in [7, 11) is 3.99. The van der Waals surface area contributed by atoms with Gasteiger partial charge in [-0.05, 0) is 51.0 Å². The molecule has 0 aliphatic carbocycles. The van der Waals surface area contributed by atoms with Crippen molar-refractivity contribution < 1.29 is 4.79 Å². The molecule has 0 fully saturated rings. The van der Waals surface area contributed by atoms with Crippen LogP contribution < -0.4 is 4.90 Å². The lowest BCUT2D eigenvalue weighted by Gasteiger charge is -2.37. The van der Waals surface area contributed by atoms with Crippen LogP contribution in [0.4, 0.5) is 5.69 Å². The summed E-state index contributed by atoms with van der Waals surface area (Å²) >= 11 is 0. The first-order valence-corrected chi connectivity index (χ1v) is 7.22. The number of benzene rings is 1. The van der Waals surface area contributed by atoms with Gasteiger partial charge in [0, 0.05) is 37.4 Å². The molecule has 3 heteroatoms. The summed E-state index contributed by atoms with van der Waals surface area (Å²) in [5.74, 6) is 0.565. The van der Waals surface area contributed by atoms with E-state index in [1.54, 1.807) is 0 Å². The van der Waals surface area contributed by atoms with Crippen LogP contribution >= 0.6 is 0 Å². The predicted molar refractivity (Wildman–Crippen MR) is 86.4 cm³/mol. The Balaban J connectivity index is 3.00. The summed E-state index contributed by atoms with van der Waals surface area (Å²) in [6, 6.07) is 7.81. The maximum Gasteiger partial charge on any atom is 0.254 e. The Morgan fingerprint density at radius 3 is 1.95 bits per heavy atom. The van der Waals surface area contributed by atoms with Crippen LogP contribution in [-0.4, -0.2) is 37.0 Å². The van der Waals surface area contributed by atoms with Crippen LogP contribution in [0.2, 0.25) is 0 Å². The summed E-state index contributed by atoms with van der Waals surface area (Å²) in [6.45, 7) is 11.3. The van der Waals surface area contributed by atoms with Gasteiger partial charge in [0.2, 0.25) is 0 Å². The normalized spacial score (nSPS) is 11.6. The molecule has 1 aromatic rings. The Kier molecular flexibility index (Phi) is 5.21. The molecule has 0 bridgehead atoms. The van der Waals surface area contributed by atoms with Crippen molar-refractivity contribution in [3.8, 4) is 0 Å². The highest BCUT2D eigenvalue weighted by atomic mass is 16.2. The number of amides is 1. The van der Waals surface area contributed by atoms with Gasteiger partial charge in [-0.3, -0.25) is 4.79 Å². The van der Waals surface area contributed by atoms with Crippen molar-refractivity contribution in [1.82, 2.24) is 4.90 Å². The third-order valence-electron chi connectivity index (χ3n) is 3.23. The molecule has 0 aliphatic rings. The summed E-state index contributed by atoms with van der Waals surface area (Å²) in [5.41, 5.74) is 1.69. The molecule has 3 nitrogen and oxygen atoms in total. The lowest BCUT2D eigenvalue weighted by atomic mass is 10.0. The first-order valence-electron chi connectivity index (χ1n) is 7.22. The summed E-state index contributed by atoms with van der Waals surface area (Å²) < 4.78 is 0. The van der Waals surface area contributed by atoms with Gasteiger partial charge in [0.25, 0.3) is 5.91 Å². The fraction of sp³-hybridized carbons (Fsp3) is 0.588. The van der Waals surface area contributed by atoms with Gasteiger partial charge in [-0.15, -0.1) is 0 Å². The van der Waals surface area contributed by atoms with Gasteiger partial charge in [-0.2, -0.15) is 0 Å². The average molecular weight is 276 g/mol. The van der Waals surface area contributed by atoms with Gasteiger partial charge >= 0.3 is 0 Å². The van der Waals surface area contributed by atoms with E-state index in [1.165, 1.54) is 0 Å². The Labute approximate surface area is 123 Å². The van der Waals surface area contributed by atoms with E-state index in [4.69, 9.17) is 0 Å². The highest BCUT2D eigenvalue weighted by Gasteiger charge is 2.27. The lowest BCUT2D eigenvalue weighted by molar-refractivity contribution is 0.0548. The molecule has 1 rings (SSSR count). The third-order valence-corrected chi connectivity index (χ3v) is 3.23. The van der Waals surface area contributed by atoms with Crippen LogP contribution in [-0.2, 0) is 0 Å². The zero-order valence-electron chi connectivity index (χ0n) is 13.9. The predicted octanol–water partition coefficient (Wildman–Crippen LogP) is 3.65. The Morgan fingerprint density at radius 1 is 1.10 bits per heavy atom. The number of anilines is 1. The van der Waals surface area contributed by atoms with Gasteiger partial charge in [0.15, 0.2) is 0 Å². The number of carbonyl (C=O) groups excluding carboxylic acids is 1. The van der Waals surface area contributed by atoms with Crippen LogP contribution in [0.15, 0.2) is 24.3 Å². The second-order valence-corrected chi connectivity index (χ2v) is 6.92. The van der Waals surface area contributed by atoms with Gasteiger partial charge in [0.1, 0.15) is 0 Å². The van der Waals surface area contributed by atoms with E-state index in [0.717, 1.165) is 17.8 Å². The van der Waals surface area contributed by atoms with Gasteiger partial charge in [-0.25, -0.2) is 0 Å². The highest BCUT2D eigenvalue weighted by Crippen LogP contribution is 2.20. The van der Waals surface area contributed by atoms with Crippen LogP contribution in [0, 0.1) is 5.92 Å². The molecule has 0 spiro atoms. The number of nitrogens with zero attached hydrogens (tertiary/aromatic N) is 2. The molecule has 0 N–H and O–H groups in total. The van der Waals surface area contributed by atoms with Gasteiger partial charge in [-0.1, -0.05) is 13.8 Å². The standard InChI is InChI=1S/C17H28N2O/c1-13(2)12-19(17(3,4)5)16(20)14-8-10-15(11-9-14)18(6)7/h8-11,13H,12H2,1-7H3. The van der Waals surface area contributed by atoms with E-state index in [9.17, 15) is 4.79 Å². The van der Waals surface area contributed by atoms with E-state index in [-0.39, 0.29) is 11.4 Å². The van der Waals surface area contributed by atoms with E-state index >= 15 is 0 Å². The molecule has 1 aromatic carbocycles. The fourth-order valence-corrected chi connectivity index (χ4v) is 2.08. The maximum absolute atomic E-state index is 12.7. The van der Waals surface area contributed by atoms with E-state index < -0.39 is 0 Å². The zero-order valence-corrected chi connectivity index (χ0v) is 13.9. The third kappa shape index (κ3) is 4.26. The second kappa shape index (κ2) is 6.29. The van der Waals surface area contributed by atoms with Crippen LogP contribution in [0.1, 0.15) is 45.0 Å². The molecule has 0 radical (unpaired) electrons. The molecule has 20 heavy (non-hydrogen) atoms. The molecular weight excluding hydrogens is 248 g/mol. The highest BCUT2D eigenvalue weighted by molar-refractivity contribution is 5.95. The van der Waals surface area contributed by atoms with Crippen molar-refractivity contribution in [2.45, 2.75) is 40.2 Å². The minimum Gasteiger partial charge on any atom is -0.378 e. The SMILES string of the molecule is CC(C)CN(C(=O)c1ccc(N(C)C)cc1)C(C)(C)C. The van der Waals surface area contributed by atoms with Crippen molar-refractivity contribution in [3.63, 3.8) is 0 Å². The van der Waals surface area contributed by atoms with Crippen molar-refractivity contribution in [3.05, 3.63) is 29.8 Å². The molecule has 0 aliphatic heterocycles.